The first-order chi connectivity index (χ1) is 7.60. The lowest BCUT2D eigenvalue weighted by Crippen LogP contribution is -2.28. The van der Waals surface area contributed by atoms with Gasteiger partial charge in [-0.15, -0.1) is 0 Å². The van der Waals surface area contributed by atoms with Crippen molar-refractivity contribution in [2.24, 2.45) is 0 Å². The number of nitrogens with two attached hydrogens (primary N) is 1. The van der Waals surface area contributed by atoms with Gasteiger partial charge in [-0.3, -0.25) is 10.3 Å². The monoisotopic (exact) mass is 222 g/mol. The van der Waals surface area contributed by atoms with Crippen LogP contribution in [-0.2, 0) is 6.54 Å². The molecule has 0 aliphatic carbocycles. The first-order valence-electron chi connectivity index (χ1n) is 5.83. The Bertz CT molecular complexity index is 394. The molecule has 90 valence electrons. The van der Waals surface area contributed by atoms with E-state index in [-0.39, 0.29) is 0 Å². The second-order valence-corrected chi connectivity index (χ2v) is 4.09. The van der Waals surface area contributed by atoms with Gasteiger partial charge in [0.15, 0.2) is 0 Å². The smallest absolute Gasteiger partial charge is 0.127 e. The molecular weight excluding hydrogens is 200 g/mol. The summed E-state index contributed by atoms with van der Waals surface area (Å²) in [7, 11) is 0. The molecule has 0 fully saturated rings. The normalized spacial score (nSPS) is 11.0. The molecule has 0 spiro atoms. The maximum atomic E-state index is 7.87. The van der Waals surface area contributed by atoms with Crippen LogP contribution in [0.1, 0.15) is 31.4 Å². The van der Waals surface area contributed by atoms with Gasteiger partial charge in [0, 0.05) is 18.3 Å². The molecule has 4 N–H and O–H groups in total. The van der Waals surface area contributed by atoms with Gasteiger partial charge in [-0.2, -0.15) is 0 Å². The van der Waals surface area contributed by atoms with Crippen molar-refractivity contribution in [2.45, 2.75) is 33.7 Å². The molecule has 1 aromatic heterocycles. The van der Waals surface area contributed by atoms with E-state index in [1.807, 2.05) is 6.92 Å². The third-order valence-electron chi connectivity index (χ3n) is 2.93. The Balaban J connectivity index is 2.95. The molecule has 0 saturated carbocycles. The molecule has 0 aromatic carbocycles. The largest absolute Gasteiger partial charge is 0.397 e. The van der Waals surface area contributed by atoms with E-state index in [4.69, 9.17) is 11.1 Å². The van der Waals surface area contributed by atoms with Crippen LogP contribution < -0.4 is 11.2 Å². The fourth-order valence-corrected chi connectivity index (χ4v) is 1.79. The van der Waals surface area contributed by atoms with Crippen molar-refractivity contribution in [1.29, 1.82) is 5.41 Å². The average Bonchev–Trinajstić information content (AvgIpc) is 2.28. The van der Waals surface area contributed by atoms with Gasteiger partial charge < -0.3 is 10.7 Å². The van der Waals surface area contributed by atoms with Crippen molar-refractivity contribution in [1.82, 2.24) is 9.88 Å². The lowest BCUT2D eigenvalue weighted by atomic mass is 10.1. The first-order valence-corrected chi connectivity index (χ1v) is 5.83. The molecule has 0 aliphatic heterocycles. The van der Waals surface area contributed by atoms with Crippen LogP contribution >= 0.6 is 0 Å². The molecule has 0 bridgehead atoms. The molecule has 4 nitrogen and oxygen atoms in total. The Morgan fingerprint density at radius 2 is 2.12 bits per heavy atom. The Hall–Kier alpha value is -1.29. The number of H-pyrrole nitrogens is 1. The number of nitrogens with one attached hydrogen (secondary N) is 2. The molecule has 0 atom stereocenters. The zero-order chi connectivity index (χ0) is 12.1. The van der Waals surface area contributed by atoms with Crippen LogP contribution in [0.25, 0.3) is 0 Å². The van der Waals surface area contributed by atoms with Crippen molar-refractivity contribution in [3.05, 3.63) is 22.8 Å². The number of rotatable bonds is 5. The van der Waals surface area contributed by atoms with Crippen molar-refractivity contribution in [3.8, 4) is 0 Å². The van der Waals surface area contributed by atoms with E-state index in [9.17, 15) is 0 Å². The number of aromatic nitrogens is 1. The van der Waals surface area contributed by atoms with E-state index in [0.29, 0.717) is 5.49 Å². The van der Waals surface area contributed by atoms with Crippen LogP contribution in [0.3, 0.4) is 0 Å². The number of aromatic amines is 1. The van der Waals surface area contributed by atoms with Crippen molar-refractivity contribution in [3.63, 3.8) is 0 Å². The number of hydrogen-bond acceptors (Lipinski definition) is 3. The molecule has 0 radical (unpaired) electrons. The summed E-state index contributed by atoms with van der Waals surface area (Å²) in [5.74, 6) is 0. The van der Waals surface area contributed by atoms with Crippen LogP contribution in [0.2, 0.25) is 0 Å². The van der Waals surface area contributed by atoms with Crippen LogP contribution in [-0.4, -0.2) is 23.0 Å². The van der Waals surface area contributed by atoms with Crippen LogP contribution in [0, 0.1) is 12.3 Å². The number of nitrogen functional groups attached to an aromatic ring is 1. The minimum Gasteiger partial charge on any atom is -0.397 e. The first kappa shape index (κ1) is 12.8. The van der Waals surface area contributed by atoms with Crippen LogP contribution in [0.4, 0.5) is 5.69 Å². The highest BCUT2D eigenvalue weighted by molar-refractivity contribution is 5.46. The quantitative estimate of drug-likeness (QED) is 0.708. The summed E-state index contributed by atoms with van der Waals surface area (Å²) in [5.41, 5.74) is 9.09. The summed E-state index contributed by atoms with van der Waals surface area (Å²) < 4.78 is 0. The lowest BCUT2D eigenvalue weighted by molar-refractivity contribution is 0.278. The number of nitrogens with zero attached hydrogens (tertiary/aromatic N) is 1. The molecule has 1 rings (SSSR count). The van der Waals surface area contributed by atoms with Crippen molar-refractivity contribution in [2.75, 3.05) is 18.8 Å². The van der Waals surface area contributed by atoms with Gasteiger partial charge in [0.1, 0.15) is 5.49 Å². The van der Waals surface area contributed by atoms with Crippen molar-refractivity contribution < 1.29 is 0 Å². The highest BCUT2D eigenvalue weighted by Gasteiger charge is 2.08. The fraction of sp³-hybridized carbons (Fsp3) is 0.583. The highest BCUT2D eigenvalue weighted by Crippen LogP contribution is 2.12. The van der Waals surface area contributed by atoms with Gasteiger partial charge >= 0.3 is 0 Å². The molecule has 4 heteroatoms. The van der Waals surface area contributed by atoms with E-state index < -0.39 is 0 Å². The zero-order valence-electron chi connectivity index (χ0n) is 10.4. The third-order valence-corrected chi connectivity index (χ3v) is 2.93. The molecule has 16 heavy (non-hydrogen) atoms. The second-order valence-electron chi connectivity index (χ2n) is 4.09. The van der Waals surface area contributed by atoms with Gasteiger partial charge in [-0.25, -0.2) is 0 Å². The van der Waals surface area contributed by atoms with E-state index in [1.165, 1.54) is 0 Å². The second kappa shape index (κ2) is 5.70. The number of hydrogen-bond donors (Lipinski definition) is 3. The molecule has 1 aromatic rings. The third kappa shape index (κ3) is 2.85. The van der Waals surface area contributed by atoms with Gasteiger partial charge in [-0.1, -0.05) is 13.8 Å². The Kier molecular flexibility index (Phi) is 4.55. The molecule has 0 aliphatic rings. The minimum atomic E-state index is 0.473. The standard InChI is InChI=1S/C12H22N4/c1-4-6-16(5-2)8-10-9(3)11(13)7-15-12(10)14/h7H,4-6,8,13H2,1-3H3,(H2,14,15). The fourth-order valence-electron chi connectivity index (χ4n) is 1.79. The molecule has 0 amide bonds. The van der Waals surface area contributed by atoms with Gasteiger partial charge in [-0.05, 0) is 32.0 Å². The molecule has 0 unspecified atom stereocenters. The summed E-state index contributed by atoms with van der Waals surface area (Å²) in [6, 6.07) is 0. The van der Waals surface area contributed by atoms with E-state index in [1.54, 1.807) is 6.20 Å². The van der Waals surface area contributed by atoms with Gasteiger partial charge in [0.25, 0.3) is 0 Å². The van der Waals surface area contributed by atoms with Crippen LogP contribution in [0.15, 0.2) is 6.20 Å². The summed E-state index contributed by atoms with van der Waals surface area (Å²) in [6.07, 6.45) is 2.82. The Morgan fingerprint density at radius 1 is 1.44 bits per heavy atom. The minimum absolute atomic E-state index is 0.473. The number of anilines is 1. The zero-order valence-corrected chi connectivity index (χ0v) is 10.4. The maximum Gasteiger partial charge on any atom is 0.127 e. The van der Waals surface area contributed by atoms with E-state index in [0.717, 1.165) is 42.9 Å². The SMILES string of the molecule is CCCN(CC)Cc1c(C)c(N)c[nH]c1=N. The summed E-state index contributed by atoms with van der Waals surface area (Å²) in [4.78, 5) is 5.22. The highest BCUT2D eigenvalue weighted by atomic mass is 15.1. The lowest BCUT2D eigenvalue weighted by Gasteiger charge is -2.21. The summed E-state index contributed by atoms with van der Waals surface area (Å²) in [6.45, 7) is 9.16. The van der Waals surface area contributed by atoms with Crippen LogP contribution in [0.5, 0.6) is 0 Å². The topological polar surface area (TPSA) is 68.9 Å². The molecular formula is C12H22N4. The van der Waals surface area contributed by atoms with Gasteiger partial charge in [0.2, 0.25) is 0 Å². The Morgan fingerprint density at radius 3 is 2.69 bits per heavy atom. The maximum absolute atomic E-state index is 7.87. The van der Waals surface area contributed by atoms with Crippen molar-refractivity contribution >= 4 is 5.69 Å². The Labute approximate surface area is 97.0 Å². The summed E-state index contributed by atoms with van der Waals surface area (Å²) >= 11 is 0. The molecule has 1 heterocycles. The van der Waals surface area contributed by atoms with E-state index >= 15 is 0 Å². The number of pyridine rings is 1. The average molecular weight is 222 g/mol. The van der Waals surface area contributed by atoms with E-state index in [2.05, 4.69) is 23.7 Å². The predicted molar refractivity (Wildman–Crippen MR) is 67.0 cm³/mol. The predicted octanol–water partition coefficient (Wildman–Crippen LogP) is 1.62. The molecule has 0 saturated heterocycles. The summed E-state index contributed by atoms with van der Waals surface area (Å²) in [5, 5.41) is 7.87. The van der Waals surface area contributed by atoms with Gasteiger partial charge in [0.05, 0.1) is 5.69 Å².